The number of ether oxygens (including phenoxy) is 4. The Kier molecular flexibility index (Phi) is 15.5. The number of benzene rings is 2. The van der Waals surface area contributed by atoms with Crippen molar-refractivity contribution >= 4 is 23.6 Å². The van der Waals surface area contributed by atoms with E-state index in [9.17, 15) is 29.9 Å². The van der Waals surface area contributed by atoms with Gasteiger partial charge in [0.15, 0.2) is 0 Å². The van der Waals surface area contributed by atoms with Crippen LogP contribution in [0.1, 0.15) is 82.3 Å². The maximum atomic E-state index is 13.7. The van der Waals surface area contributed by atoms with Crippen LogP contribution in [0.5, 0.6) is 11.5 Å². The van der Waals surface area contributed by atoms with E-state index < -0.39 is 34.9 Å². The molecule has 2 aromatic carbocycles. The average Bonchev–Trinajstić information content (AvgIpc) is 3.21. The molecular weight excluding hydrogens is 736 g/mol. The quantitative estimate of drug-likeness (QED) is 0.0541. The smallest absolute Gasteiger partial charge is 0.412 e. The van der Waals surface area contributed by atoms with Gasteiger partial charge in [-0.3, -0.25) is 15.0 Å². The van der Waals surface area contributed by atoms with Crippen LogP contribution in [0, 0.1) is 27.9 Å². The van der Waals surface area contributed by atoms with Gasteiger partial charge in [-0.25, -0.2) is 9.59 Å². The topological polar surface area (TPSA) is 192 Å². The van der Waals surface area contributed by atoms with Gasteiger partial charge in [-0.1, -0.05) is 37.1 Å². The summed E-state index contributed by atoms with van der Waals surface area (Å²) in [6.07, 6.45) is 7.73. The number of non-ortho nitro benzene ring substituents is 1. The fourth-order valence-electron chi connectivity index (χ4n) is 8.63. The van der Waals surface area contributed by atoms with Gasteiger partial charge >= 0.3 is 12.2 Å². The Hall–Kier alpha value is -4.99. The van der Waals surface area contributed by atoms with Gasteiger partial charge in [-0.15, -0.1) is 6.58 Å². The molecule has 15 nitrogen and oxygen atoms in total. The Balaban J connectivity index is 1.74. The van der Waals surface area contributed by atoms with Crippen LogP contribution in [-0.2, 0) is 20.9 Å². The molecule has 6 unspecified atom stereocenters. The first-order chi connectivity index (χ1) is 27.7. The summed E-state index contributed by atoms with van der Waals surface area (Å²) < 4.78 is 25.1. The van der Waals surface area contributed by atoms with Gasteiger partial charge < -0.3 is 39.3 Å². The number of nitrogens with zero attached hydrogens (tertiary/aromatic N) is 3. The molecule has 1 aliphatic heterocycles. The van der Waals surface area contributed by atoms with Crippen LogP contribution >= 0.6 is 0 Å². The molecule has 0 radical (unpaired) electrons. The minimum atomic E-state index is -1.47. The molecule has 1 fully saturated rings. The van der Waals surface area contributed by atoms with E-state index in [-0.39, 0.29) is 56.3 Å². The van der Waals surface area contributed by atoms with Crippen molar-refractivity contribution in [3.63, 3.8) is 0 Å². The summed E-state index contributed by atoms with van der Waals surface area (Å²) >= 11 is 0. The van der Waals surface area contributed by atoms with Crippen LogP contribution in [0.2, 0.25) is 0 Å². The number of nitrogens with one attached hydrogen (secondary N) is 1. The van der Waals surface area contributed by atoms with E-state index in [0.717, 1.165) is 36.8 Å². The number of allylic oxidation sites excluding steroid dienone is 1. The van der Waals surface area contributed by atoms with Crippen molar-refractivity contribution in [3.05, 3.63) is 88.0 Å². The number of hydrogen-bond donors (Lipinski definition) is 3. The lowest BCUT2D eigenvalue weighted by atomic mass is 9.55. The molecule has 2 aromatic rings. The third kappa shape index (κ3) is 9.77. The van der Waals surface area contributed by atoms with E-state index in [1.807, 2.05) is 13.0 Å². The lowest BCUT2D eigenvalue weighted by Gasteiger charge is -2.59. The predicted molar refractivity (Wildman–Crippen MR) is 212 cm³/mol. The normalized spacial score (nSPS) is 23.9. The Bertz CT molecular complexity index is 1770. The monoisotopic (exact) mass is 792 g/mol. The molecule has 3 N–H and O–H groups in total. The van der Waals surface area contributed by atoms with Crippen molar-refractivity contribution in [1.82, 2.24) is 10.2 Å². The largest absolute Gasteiger partial charge is 0.459 e. The first-order valence-corrected chi connectivity index (χ1v) is 19.9. The molecule has 1 heterocycles. The number of nitro benzene ring substituents is 1. The van der Waals surface area contributed by atoms with Crippen LogP contribution in [0.25, 0.3) is 0 Å². The molecule has 2 aliphatic carbocycles. The number of aliphatic hydroxyl groups excluding tert-OH is 2. The van der Waals surface area contributed by atoms with Crippen LogP contribution in [0.3, 0.4) is 0 Å². The zero-order valence-electron chi connectivity index (χ0n) is 33.1. The number of oxime groups is 1. The summed E-state index contributed by atoms with van der Waals surface area (Å²) in [7, 11) is 1.34. The first kappa shape index (κ1) is 43.1. The fourth-order valence-corrected chi connectivity index (χ4v) is 8.63. The second-order valence-electron chi connectivity index (χ2n) is 14.6. The third-order valence-electron chi connectivity index (χ3n) is 11.0. The van der Waals surface area contributed by atoms with Crippen molar-refractivity contribution in [2.45, 2.75) is 89.6 Å². The van der Waals surface area contributed by atoms with Crippen molar-refractivity contribution in [3.8, 4) is 11.5 Å². The number of methoxy groups -OCH3 is 1. The summed E-state index contributed by atoms with van der Waals surface area (Å²) in [6, 6.07) is 10.6. The Labute approximate surface area is 333 Å². The summed E-state index contributed by atoms with van der Waals surface area (Å²) in [6.45, 7) is 8.67. The molecule has 0 bridgehead atoms. The van der Waals surface area contributed by atoms with E-state index >= 15 is 0 Å². The molecule has 6 atom stereocenters. The van der Waals surface area contributed by atoms with E-state index in [4.69, 9.17) is 28.9 Å². The number of amides is 2. The Morgan fingerprint density at radius 2 is 1.84 bits per heavy atom. The second kappa shape index (κ2) is 20.4. The highest BCUT2D eigenvalue weighted by Crippen LogP contribution is 2.62. The highest BCUT2D eigenvalue weighted by molar-refractivity contribution is 6.03. The van der Waals surface area contributed by atoms with E-state index in [2.05, 4.69) is 18.0 Å². The molecule has 0 spiro atoms. The minimum Gasteiger partial charge on any atom is -0.459 e. The molecule has 310 valence electrons. The number of nitro groups is 1. The SMILES string of the molecule is C=CCOC12Oc3ccc(OC(=O)NCC)cc3C3C(CCCCO)C(CCCCO)C=C(C(=NOCc4ccc([N+](=O)[O-])cc4)CC1N(CCC)C(=O)OC)C32. The van der Waals surface area contributed by atoms with Crippen LogP contribution in [0.15, 0.2) is 71.9 Å². The van der Waals surface area contributed by atoms with Gasteiger partial charge in [0.05, 0.1) is 30.3 Å². The number of carbonyl (C=O) groups excluding carboxylic acids is 2. The minimum absolute atomic E-state index is 0.00807. The van der Waals surface area contributed by atoms with Crippen LogP contribution in [-0.4, -0.2) is 89.8 Å². The fraction of sp³-hybridized carbons (Fsp3) is 0.548. The third-order valence-corrected chi connectivity index (χ3v) is 11.0. The van der Waals surface area contributed by atoms with Gasteiger partial charge in [-0.05, 0) is 92.3 Å². The number of aliphatic hydroxyl groups is 2. The Morgan fingerprint density at radius 3 is 2.49 bits per heavy atom. The maximum absolute atomic E-state index is 13.7. The predicted octanol–water partition coefficient (Wildman–Crippen LogP) is 7.02. The van der Waals surface area contributed by atoms with Crippen LogP contribution in [0.4, 0.5) is 15.3 Å². The van der Waals surface area contributed by atoms with E-state index in [1.165, 1.54) is 19.2 Å². The second-order valence-corrected chi connectivity index (χ2v) is 14.6. The number of hydrogen-bond acceptors (Lipinski definition) is 12. The number of carbonyl (C=O) groups is 2. The zero-order valence-corrected chi connectivity index (χ0v) is 33.1. The maximum Gasteiger partial charge on any atom is 0.412 e. The summed E-state index contributed by atoms with van der Waals surface area (Å²) in [5.74, 6) is -1.54. The first-order valence-electron chi connectivity index (χ1n) is 19.9. The zero-order chi connectivity index (χ0) is 41.0. The molecule has 0 aromatic heterocycles. The summed E-state index contributed by atoms with van der Waals surface area (Å²) in [5.41, 5.74) is 2.87. The molecule has 3 aliphatic rings. The van der Waals surface area contributed by atoms with Crippen molar-refractivity contribution in [1.29, 1.82) is 0 Å². The molecule has 0 saturated heterocycles. The lowest BCUT2D eigenvalue weighted by Crippen LogP contribution is -2.70. The molecular formula is C42H56N4O11. The van der Waals surface area contributed by atoms with Crippen molar-refractivity contribution in [2.24, 2.45) is 22.9 Å². The Morgan fingerprint density at radius 1 is 1.11 bits per heavy atom. The number of unbranched alkanes of at least 4 members (excludes halogenated alkanes) is 2. The average molecular weight is 793 g/mol. The molecule has 15 heteroatoms. The standard InChI is InChI=1S/C42H56N4O11/c1-5-20-45(41(50)53-4)37-26-35(44-55-27-28-14-16-30(17-15-28)46(51)52)33-24-29(12-8-10-21-47)32(13-9-11-22-48)38-34-25-31(56-40(49)43-7-3)18-19-36(34)57-42(37,39(33)38)54-23-6-2/h6,14-19,24-25,29,32,37-39,47-48H,2,5,7-13,20-23,26-27H2,1,3-4H3,(H,43,49). The lowest BCUT2D eigenvalue weighted by molar-refractivity contribution is -0.384. The van der Waals surface area contributed by atoms with Gasteiger partial charge in [0.25, 0.3) is 5.69 Å². The highest BCUT2D eigenvalue weighted by atomic mass is 16.7. The van der Waals surface area contributed by atoms with E-state index in [0.29, 0.717) is 55.1 Å². The molecule has 57 heavy (non-hydrogen) atoms. The molecule has 2 amide bonds. The van der Waals surface area contributed by atoms with Gasteiger partial charge in [0.1, 0.15) is 24.1 Å². The van der Waals surface area contributed by atoms with Gasteiger partial charge in [0, 0.05) is 56.3 Å². The van der Waals surface area contributed by atoms with E-state index in [1.54, 1.807) is 42.2 Å². The van der Waals surface area contributed by atoms with Gasteiger partial charge in [-0.2, -0.15) is 0 Å². The highest BCUT2D eigenvalue weighted by Gasteiger charge is 2.65. The molecule has 1 saturated carbocycles. The van der Waals surface area contributed by atoms with Gasteiger partial charge in [0.2, 0.25) is 5.79 Å². The van der Waals surface area contributed by atoms with Crippen molar-refractivity contribution < 1.29 is 48.5 Å². The summed E-state index contributed by atoms with van der Waals surface area (Å²) in [4.78, 5) is 44.8. The summed E-state index contributed by atoms with van der Waals surface area (Å²) in [5, 5.41) is 38.3. The number of fused-ring (bicyclic) bond motifs is 2. The number of rotatable bonds is 20. The van der Waals surface area contributed by atoms with Crippen molar-refractivity contribution in [2.75, 3.05) is 40.0 Å². The van der Waals surface area contributed by atoms with Crippen LogP contribution < -0.4 is 14.8 Å². The molecule has 5 rings (SSSR count).